The monoisotopic (exact) mass is 306 g/mol. The highest BCUT2D eigenvalue weighted by Gasteiger charge is 2.21. The van der Waals surface area contributed by atoms with Gasteiger partial charge in [0.2, 0.25) is 5.91 Å². The Labute approximate surface area is 126 Å². The van der Waals surface area contributed by atoms with Crippen molar-refractivity contribution in [1.82, 2.24) is 15.6 Å². The molecule has 6 nitrogen and oxygen atoms in total. The lowest BCUT2D eigenvalue weighted by molar-refractivity contribution is -0.123. The predicted octanol–water partition coefficient (Wildman–Crippen LogP) is 1.52. The van der Waals surface area contributed by atoms with Gasteiger partial charge < -0.3 is 16.4 Å². The Balaban J connectivity index is 2.15. The van der Waals surface area contributed by atoms with Crippen LogP contribution in [0.5, 0.6) is 0 Å². The van der Waals surface area contributed by atoms with Gasteiger partial charge in [0.25, 0.3) is 5.91 Å². The van der Waals surface area contributed by atoms with Gasteiger partial charge in [0.05, 0.1) is 10.4 Å². The van der Waals surface area contributed by atoms with Gasteiger partial charge in [-0.3, -0.25) is 14.6 Å². The molecule has 0 aliphatic heterocycles. The fourth-order valence-corrected chi connectivity index (χ4v) is 2.87. The van der Waals surface area contributed by atoms with Crippen LogP contribution in [0.4, 0.5) is 5.69 Å². The number of thiophene rings is 1. The van der Waals surface area contributed by atoms with Crippen LogP contribution in [0.15, 0.2) is 18.5 Å². The lowest BCUT2D eigenvalue weighted by Crippen LogP contribution is -2.46. The van der Waals surface area contributed by atoms with Gasteiger partial charge in [-0.2, -0.15) is 0 Å². The van der Waals surface area contributed by atoms with Crippen molar-refractivity contribution in [2.24, 2.45) is 0 Å². The molecular formula is C14H18N4O2S. The fourth-order valence-electron chi connectivity index (χ4n) is 1.88. The lowest BCUT2D eigenvalue weighted by Gasteiger charge is -2.15. The van der Waals surface area contributed by atoms with E-state index in [1.54, 1.807) is 25.4 Å². The van der Waals surface area contributed by atoms with Gasteiger partial charge in [0.15, 0.2) is 0 Å². The summed E-state index contributed by atoms with van der Waals surface area (Å²) in [5.41, 5.74) is 6.42. The minimum Gasteiger partial charge on any atom is -0.397 e. The number of carbonyl (C=O) groups excluding carboxylic acids is 2. The number of anilines is 1. The van der Waals surface area contributed by atoms with E-state index in [-0.39, 0.29) is 17.9 Å². The largest absolute Gasteiger partial charge is 0.397 e. The zero-order valence-electron chi connectivity index (χ0n) is 12.1. The highest BCUT2D eigenvalue weighted by molar-refractivity contribution is 7.21. The molecule has 7 heteroatoms. The molecule has 1 atom stereocenters. The third-order valence-electron chi connectivity index (χ3n) is 2.91. The van der Waals surface area contributed by atoms with E-state index in [1.165, 1.54) is 11.3 Å². The maximum Gasteiger partial charge on any atom is 0.264 e. The summed E-state index contributed by atoms with van der Waals surface area (Å²) < 4.78 is 0.847. The number of fused-ring (bicyclic) bond motifs is 1. The molecule has 0 spiro atoms. The molecule has 0 saturated heterocycles. The minimum absolute atomic E-state index is 0.0253. The van der Waals surface area contributed by atoms with Gasteiger partial charge in [0, 0.05) is 23.8 Å². The SMILES string of the molecule is CC(C)NC(=O)C(C)NC(=O)c1sc2cnccc2c1N. The van der Waals surface area contributed by atoms with E-state index in [9.17, 15) is 9.59 Å². The maximum absolute atomic E-state index is 12.3. The molecule has 1 unspecified atom stereocenters. The molecule has 112 valence electrons. The number of nitrogens with zero attached hydrogens (tertiary/aromatic N) is 1. The van der Waals surface area contributed by atoms with Gasteiger partial charge >= 0.3 is 0 Å². The number of nitrogen functional groups attached to an aromatic ring is 1. The number of hydrogen-bond donors (Lipinski definition) is 3. The number of nitrogens with two attached hydrogens (primary N) is 1. The number of amides is 2. The molecule has 2 aromatic rings. The van der Waals surface area contributed by atoms with E-state index in [0.29, 0.717) is 10.6 Å². The molecule has 2 amide bonds. The average Bonchev–Trinajstić information content (AvgIpc) is 2.76. The Hall–Kier alpha value is -2.15. The maximum atomic E-state index is 12.3. The minimum atomic E-state index is -0.623. The molecule has 0 aliphatic carbocycles. The lowest BCUT2D eigenvalue weighted by atomic mass is 10.2. The number of hydrogen-bond acceptors (Lipinski definition) is 5. The summed E-state index contributed by atoms with van der Waals surface area (Å²) in [7, 11) is 0. The van der Waals surface area contributed by atoms with Crippen molar-refractivity contribution in [2.75, 3.05) is 5.73 Å². The molecule has 0 aromatic carbocycles. The van der Waals surface area contributed by atoms with E-state index >= 15 is 0 Å². The molecule has 0 radical (unpaired) electrons. The number of carbonyl (C=O) groups is 2. The van der Waals surface area contributed by atoms with Crippen LogP contribution in [0.3, 0.4) is 0 Å². The zero-order chi connectivity index (χ0) is 15.6. The van der Waals surface area contributed by atoms with Crippen LogP contribution in [-0.4, -0.2) is 28.9 Å². The second kappa shape index (κ2) is 6.09. The van der Waals surface area contributed by atoms with Crippen molar-refractivity contribution >= 4 is 38.9 Å². The van der Waals surface area contributed by atoms with E-state index < -0.39 is 6.04 Å². The van der Waals surface area contributed by atoms with E-state index in [0.717, 1.165) is 10.1 Å². The van der Waals surface area contributed by atoms with Crippen LogP contribution in [-0.2, 0) is 4.79 Å². The van der Waals surface area contributed by atoms with Crippen LogP contribution >= 0.6 is 11.3 Å². The highest BCUT2D eigenvalue weighted by Crippen LogP contribution is 2.32. The summed E-state index contributed by atoms with van der Waals surface area (Å²) in [6, 6.07) is 1.17. The van der Waals surface area contributed by atoms with E-state index in [2.05, 4.69) is 15.6 Å². The summed E-state index contributed by atoms with van der Waals surface area (Å²) in [6.07, 6.45) is 3.30. The van der Waals surface area contributed by atoms with Crippen LogP contribution in [0, 0.1) is 0 Å². The first-order chi connectivity index (χ1) is 9.90. The molecule has 2 aromatic heterocycles. The second-order valence-electron chi connectivity index (χ2n) is 5.08. The highest BCUT2D eigenvalue weighted by atomic mass is 32.1. The van der Waals surface area contributed by atoms with Crippen molar-refractivity contribution in [3.8, 4) is 0 Å². The van der Waals surface area contributed by atoms with Crippen molar-refractivity contribution in [3.63, 3.8) is 0 Å². The number of nitrogens with one attached hydrogen (secondary N) is 2. The van der Waals surface area contributed by atoms with Gasteiger partial charge in [-0.1, -0.05) is 0 Å². The third kappa shape index (κ3) is 3.30. The molecule has 0 saturated carbocycles. The van der Waals surface area contributed by atoms with Crippen LogP contribution < -0.4 is 16.4 Å². The van der Waals surface area contributed by atoms with Crippen molar-refractivity contribution < 1.29 is 9.59 Å². The molecule has 2 rings (SSSR count). The number of rotatable bonds is 4. The van der Waals surface area contributed by atoms with E-state index in [4.69, 9.17) is 5.73 Å². The Morgan fingerprint density at radius 1 is 1.29 bits per heavy atom. The fraction of sp³-hybridized carbons (Fsp3) is 0.357. The third-order valence-corrected chi connectivity index (χ3v) is 4.06. The summed E-state index contributed by atoms with van der Waals surface area (Å²) in [4.78, 5) is 28.5. The van der Waals surface area contributed by atoms with E-state index in [1.807, 2.05) is 13.8 Å². The van der Waals surface area contributed by atoms with Gasteiger partial charge in [-0.25, -0.2) is 0 Å². The average molecular weight is 306 g/mol. The summed E-state index contributed by atoms with van der Waals surface area (Å²) in [5.74, 6) is -0.570. The molecular weight excluding hydrogens is 288 g/mol. The first kappa shape index (κ1) is 15.2. The predicted molar refractivity (Wildman–Crippen MR) is 84.2 cm³/mol. The summed E-state index contributed by atoms with van der Waals surface area (Å²) in [6.45, 7) is 5.37. The standard InChI is InChI=1S/C14H18N4O2S/c1-7(2)17-13(19)8(3)18-14(20)12-11(15)9-4-5-16-6-10(9)21-12/h4-8H,15H2,1-3H3,(H,17,19)(H,18,20). The molecule has 4 N–H and O–H groups in total. The van der Waals surface area contributed by atoms with Crippen LogP contribution in [0.2, 0.25) is 0 Å². The van der Waals surface area contributed by atoms with Crippen molar-refractivity contribution in [3.05, 3.63) is 23.3 Å². The molecule has 0 fully saturated rings. The van der Waals surface area contributed by atoms with Gasteiger partial charge in [-0.15, -0.1) is 11.3 Å². The molecule has 0 bridgehead atoms. The second-order valence-corrected chi connectivity index (χ2v) is 6.13. The zero-order valence-corrected chi connectivity index (χ0v) is 13.0. The summed E-state index contributed by atoms with van der Waals surface area (Å²) >= 11 is 1.27. The number of pyridine rings is 1. The Morgan fingerprint density at radius 2 is 2.00 bits per heavy atom. The van der Waals surface area contributed by atoms with Gasteiger partial charge in [-0.05, 0) is 26.8 Å². The van der Waals surface area contributed by atoms with Gasteiger partial charge in [0.1, 0.15) is 10.9 Å². The topological polar surface area (TPSA) is 97.1 Å². The molecule has 2 heterocycles. The Morgan fingerprint density at radius 3 is 2.62 bits per heavy atom. The first-order valence-corrected chi connectivity index (χ1v) is 7.45. The molecule has 21 heavy (non-hydrogen) atoms. The Bertz CT molecular complexity index is 681. The van der Waals surface area contributed by atoms with Crippen molar-refractivity contribution in [2.45, 2.75) is 32.9 Å². The van der Waals surface area contributed by atoms with Crippen molar-refractivity contribution in [1.29, 1.82) is 0 Å². The molecule has 0 aliphatic rings. The Kier molecular flexibility index (Phi) is 4.42. The number of aromatic nitrogens is 1. The quantitative estimate of drug-likeness (QED) is 0.798. The van der Waals surface area contributed by atoms with Crippen LogP contribution in [0.1, 0.15) is 30.4 Å². The van der Waals surface area contributed by atoms with Crippen LogP contribution in [0.25, 0.3) is 10.1 Å². The first-order valence-electron chi connectivity index (χ1n) is 6.63. The summed E-state index contributed by atoms with van der Waals surface area (Å²) in [5, 5.41) is 6.22. The normalized spacial score (nSPS) is 12.4. The smallest absolute Gasteiger partial charge is 0.264 e.